The summed E-state index contributed by atoms with van der Waals surface area (Å²) in [5, 5.41) is 7.13. The fourth-order valence-electron chi connectivity index (χ4n) is 3.09. The molecule has 1 atom stereocenters. The maximum absolute atomic E-state index is 12.7. The lowest BCUT2D eigenvalue weighted by Crippen LogP contribution is -2.48. The van der Waals surface area contributed by atoms with Crippen LogP contribution >= 0.6 is 12.2 Å². The van der Waals surface area contributed by atoms with Crippen molar-refractivity contribution < 1.29 is 14.3 Å². The molecule has 3 heterocycles. The number of amides is 1. The van der Waals surface area contributed by atoms with Gasteiger partial charge in [-0.3, -0.25) is 4.79 Å². The summed E-state index contributed by atoms with van der Waals surface area (Å²) in [5.41, 5.74) is 0.983. The molecule has 0 saturated carbocycles. The molecule has 0 aliphatic carbocycles. The van der Waals surface area contributed by atoms with Gasteiger partial charge in [0.2, 0.25) is 5.82 Å². The Morgan fingerprint density at radius 3 is 3.03 bits per heavy atom. The van der Waals surface area contributed by atoms with E-state index in [4.69, 9.17) is 21.7 Å². The van der Waals surface area contributed by atoms with Gasteiger partial charge < -0.3 is 19.7 Å². The number of nitrogens with zero attached hydrogens (tertiary/aromatic N) is 5. The van der Waals surface area contributed by atoms with Gasteiger partial charge in [0, 0.05) is 13.2 Å². The van der Waals surface area contributed by atoms with Gasteiger partial charge in [0.1, 0.15) is 29.7 Å². The highest BCUT2D eigenvalue weighted by molar-refractivity contribution is 7.80. The smallest absolute Gasteiger partial charge is 0.291 e. The number of likely N-dealkylation sites (N-methyl/N-ethyl adjacent to an activating group) is 1. The highest BCUT2D eigenvalue weighted by Crippen LogP contribution is 2.27. The third-order valence-corrected chi connectivity index (χ3v) is 5.18. The molecule has 1 N–H and O–H groups in total. The number of carbonyl (C=O) groups excluding carboxylic acids is 1. The van der Waals surface area contributed by atoms with Crippen molar-refractivity contribution in [3.8, 4) is 11.5 Å². The van der Waals surface area contributed by atoms with Gasteiger partial charge in [-0.05, 0) is 29.8 Å². The second kappa shape index (κ2) is 8.46. The Morgan fingerprint density at radius 2 is 2.20 bits per heavy atom. The van der Waals surface area contributed by atoms with Crippen molar-refractivity contribution in [2.45, 2.75) is 12.6 Å². The van der Waals surface area contributed by atoms with Crippen LogP contribution in [0.15, 0.2) is 48.9 Å². The third kappa shape index (κ3) is 4.08. The lowest BCUT2D eigenvalue weighted by atomic mass is 10.2. The van der Waals surface area contributed by atoms with E-state index in [-0.39, 0.29) is 12.4 Å². The van der Waals surface area contributed by atoms with E-state index in [2.05, 4.69) is 20.4 Å². The molecule has 0 radical (unpaired) electrons. The normalized spacial score (nSPS) is 15.7. The first kappa shape index (κ1) is 19.8. The molecule has 1 aliphatic rings. The standard InChI is InChI=1S/C20H20N6O3S/c1-25-18-16(7-4-8-21-18)29-11-15(20(25)30)23-19(27)17-22-12-26(24-17)10-13-5-3-6-14(9-13)28-2/h3-9,12,15H,10-11H2,1-2H3,(H,23,27)/t15-/m0/s1. The molecule has 0 spiro atoms. The molecular formula is C20H20N6O3S. The molecule has 0 saturated heterocycles. The summed E-state index contributed by atoms with van der Waals surface area (Å²) < 4.78 is 12.6. The highest BCUT2D eigenvalue weighted by Gasteiger charge is 2.29. The number of pyridine rings is 1. The van der Waals surface area contributed by atoms with Gasteiger partial charge in [-0.25, -0.2) is 14.6 Å². The fraction of sp³-hybridized carbons (Fsp3) is 0.250. The summed E-state index contributed by atoms with van der Waals surface area (Å²) in [6, 6.07) is 10.7. The Labute approximate surface area is 178 Å². The highest BCUT2D eigenvalue weighted by atomic mass is 32.1. The van der Waals surface area contributed by atoms with E-state index >= 15 is 0 Å². The molecule has 30 heavy (non-hydrogen) atoms. The van der Waals surface area contributed by atoms with Crippen LogP contribution in [0.3, 0.4) is 0 Å². The van der Waals surface area contributed by atoms with E-state index in [1.54, 1.807) is 36.0 Å². The summed E-state index contributed by atoms with van der Waals surface area (Å²) in [4.78, 5) is 23.4. The molecule has 1 aromatic carbocycles. The maximum Gasteiger partial charge on any atom is 0.291 e. The average Bonchev–Trinajstić information content (AvgIpc) is 3.20. The first-order valence-corrected chi connectivity index (χ1v) is 9.64. The quantitative estimate of drug-likeness (QED) is 0.619. The number of aromatic nitrogens is 4. The van der Waals surface area contributed by atoms with Crippen molar-refractivity contribution in [3.63, 3.8) is 0 Å². The Morgan fingerprint density at radius 1 is 1.33 bits per heavy atom. The lowest BCUT2D eigenvalue weighted by Gasteiger charge is -2.22. The minimum Gasteiger partial charge on any atom is -0.497 e. The summed E-state index contributed by atoms with van der Waals surface area (Å²) >= 11 is 5.53. The largest absolute Gasteiger partial charge is 0.497 e. The van der Waals surface area contributed by atoms with Gasteiger partial charge in [0.15, 0.2) is 11.6 Å². The summed E-state index contributed by atoms with van der Waals surface area (Å²) in [6.45, 7) is 0.657. The number of rotatable bonds is 5. The number of thiocarbonyl (C=S) groups is 1. The molecule has 1 amide bonds. The number of carbonyl (C=O) groups is 1. The van der Waals surface area contributed by atoms with E-state index in [9.17, 15) is 4.79 Å². The van der Waals surface area contributed by atoms with E-state index in [1.807, 2.05) is 30.3 Å². The van der Waals surface area contributed by atoms with Gasteiger partial charge in [0.25, 0.3) is 5.91 Å². The molecule has 10 heteroatoms. The number of ether oxygens (including phenoxy) is 2. The molecule has 154 valence electrons. The van der Waals surface area contributed by atoms with E-state index in [0.29, 0.717) is 23.1 Å². The third-order valence-electron chi connectivity index (χ3n) is 4.63. The van der Waals surface area contributed by atoms with Gasteiger partial charge in [-0.2, -0.15) is 0 Å². The zero-order valence-corrected chi connectivity index (χ0v) is 17.3. The van der Waals surface area contributed by atoms with Crippen LogP contribution < -0.4 is 19.7 Å². The number of anilines is 1. The van der Waals surface area contributed by atoms with Crippen LogP contribution in [0.2, 0.25) is 0 Å². The number of benzene rings is 1. The molecule has 0 unspecified atom stereocenters. The lowest BCUT2D eigenvalue weighted by molar-refractivity contribution is 0.0927. The topological polar surface area (TPSA) is 94.4 Å². The molecule has 9 nitrogen and oxygen atoms in total. The van der Waals surface area contributed by atoms with Crippen molar-refractivity contribution in [3.05, 3.63) is 60.3 Å². The zero-order valence-electron chi connectivity index (χ0n) is 16.5. The van der Waals surface area contributed by atoms with Crippen LogP contribution in [0.4, 0.5) is 5.82 Å². The monoisotopic (exact) mass is 424 g/mol. The minimum absolute atomic E-state index is 0.0586. The number of fused-ring (bicyclic) bond motifs is 1. The predicted octanol–water partition coefficient (Wildman–Crippen LogP) is 1.68. The Kier molecular flexibility index (Phi) is 5.57. The first-order chi connectivity index (χ1) is 14.5. The van der Waals surface area contributed by atoms with Crippen LogP contribution in [0, 0.1) is 0 Å². The average molecular weight is 424 g/mol. The summed E-state index contributed by atoms with van der Waals surface area (Å²) in [5.74, 6) is 1.61. The molecule has 3 aromatic rings. The Bertz CT molecular complexity index is 1090. The Balaban J connectivity index is 1.44. The minimum atomic E-state index is -0.517. The number of methoxy groups -OCH3 is 1. The number of hydrogen-bond acceptors (Lipinski definition) is 7. The Hall–Kier alpha value is -3.53. The molecule has 1 aliphatic heterocycles. The maximum atomic E-state index is 12.7. The zero-order chi connectivity index (χ0) is 21.1. The number of nitrogens with one attached hydrogen (secondary N) is 1. The first-order valence-electron chi connectivity index (χ1n) is 9.24. The van der Waals surface area contributed by atoms with Crippen LogP contribution in [0.25, 0.3) is 0 Å². The summed E-state index contributed by atoms with van der Waals surface area (Å²) in [7, 11) is 3.41. The van der Waals surface area contributed by atoms with Crippen molar-refractivity contribution in [2.75, 3.05) is 25.7 Å². The second-order valence-corrected chi connectivity index (χ2v) is 7.10. The van der Waals surface area contributed by atoms with E-state index in [0.717, 1.165) is 11.3 Å². The molecule has 0 bridgehead atoms. The molecule has 4 rings (SSSR count). The van der Waals surface area contributed by atoms with Gasteiger partial charge in [-0.1, -0.05) is 24.4 Å². The number of hydrogen-bond donors (Lipinski definition) is 1. The van der Waals surface area contributed by atoms with Crippen LogP contribution in [-0.4, -0.2) is 57.5 Å². The van der Waals surface area contributed by atoms with Crippen LogP contribution in [0.5, 0.6) is 11.5 Å². The van der Waals surface area contributed by atoms with Crippen LogP contribution in [-0.2, 0) is 6.54 Å². The van der Waals surface area contributed by atoms with Crippen LogP contribution in [0.1, 0.15) is 16.2 Å². The van der Waals surface area contributed by atoms with E-state index in [1.165, 1.54) is 6.33 Å². The van der Waals surface area contributed by atoms with Crippen molar-refractivity contribution >= 4 is 28.9 Å². The van der Waals surface area contributed by atoms with Gasteiger partial charge in [0.05, 0.1) is 13.7 Å². The van der Waals surface area contributed by atoms with Crippen molar-refractivity contribution in [1.82, 2.24) is 25.1 Å². The van der Waals surface area contributed by atoms with Gasteiger partial charge in [-0.15, -0.1) is 5.10 Å². The van der Waals surface area contributed by atoms with Crippen molar-refractivity contribution in [2.24, 2.45) is 0 Å². The van der Waals surface area contributed by atoms with Gasteiger partial charge >= 0.3 is 0 Å². The summed E-state index contributed by atoms with van der Waals surface area (Å²) in [6.07, 6.45) is 3.18. The second-order valence-electron chi connectivity index (χ2n) is 6.68. The van der Waals surface area contributed by atoms with E-state index < -0.39 is 11.9 Å². The molecular weight excluding hydrogens is 404 g/mol. The molecule has 2 aromatic heterocycles. The molecule has 0 fully saturated rings. The SMILES string of the molecule is COc1cccc(Cn2cnc(C(=O)N[C@H]3COc4cccnc4N(C)C3=S)n2)c1. The predicted molar refractivity (Wildman–Crippen MR) is 114 cm³/mol. The van der Waals surface area contributed by atoms with Crippen molar-refractivity contribution in [1.29, 1.82) is 0 Å². The fourth-order valence-corrected chi connectivity index (χ4v) is 3.30.